The summed E-state index contributed by atoms with van der Waals surface area (Å²) in [5.74, 6) is -0.364. The molecule has 2 heterocycles. The molecule has 2 aromatic heterocycles. The van der Waals surface area contributed by atoms with E-state index in [1.54, 1.807) is 48.9 Å². The number of pyridine rings is 2. The summed E-state index contributed by atoms with van der Waals surface area (Å²) in [6, 6.07) is 14.5. The molecule has 6 heteroatoms. The van der Waals surface area contributed by atoms with Crippen LogP contribution in [0, 0.1) is 0 Å². The average molecular weight is 374 g/mol. The highest BCUT2D eigenvalue weighted by Crippen LogP contribution is 2.16. The molecule has 28 heavy (non-hydrogen) atoms. The molecule has 0 aliphatic heterocycles. The zero-order valence-corrected chi connectivity index (χ0v) is 15.9. The maximum absolute atomic E-state index is 12.6. The van der Waals surface area contributed by atoms with Crippen molar-refractivity contribution in [3.8, 4) is 0 Å². The summed E-state index contributed by atoms with van der Waals surface area (Å²) in [4.78, 5) is 34.4. The van der Waals surface area contributed by atoms with Crippen LogP contribution in [-0.4, -0.2) is 35.3 Å². The van der Waals surface area contributed by atoms with Crippen LogP contribution in [0.15, 0.2) is 67.1 Å². The van der Waals surface area contributed by atoms with Crippen LogP contribution in [0.3, 0.4) is 0 Å². The summed E-state index contributed by atoms with van der Waals surface area (Å²) in [5.41, 5.74) is 3.55. The van der Waals surface area contributed by atoms with E-state index in [-0.39, 0.29) is 11.7 Å². The summed E-state index contributed by atoms with van der Waals surface area (Å²) in [6.07, 6.45) is 6.07. The van der Waals surface area contributed by atoms with Crippen molar-refractivity contribution in [3.05, 3.63) is 83.9 Å². The zero-order chi connectivity index (χ0) is 19.9. The number of hydrogen-bond acceptors (Lipinski definition) is 5. The van der Waals surface area contributed by atoms with Gasteiger partial charge in [0, 0.05) is 49.1 Å². The summed E-state index contributed by atoms with van der Waals surface area (Å²) in [7, 11) is 1.98. The number of anilines is 2. The molecule has 0 aliphatic carbocycles. The molecule has 0 spiro atoms. The largest absolute Gasteiger partial charge is 0.374 e. The number of Topliss-reactive ketones (excluding diaryl/α,β-unsaturated/α-hetero) is 1. The first-order valence-electron chi connectivity index (χ1n) is 9.01. The maximum atomic E-state index is 12.6. The fraction of sp³-hybridized carbons (Fsp3) is 0.182. The lowest BCUT2D eigenvalue weighted by atomic mass is 10.1. The zero-order valence-electron chi connectivity index (χ0n) is 15.9. The van der Waals surface area contributed by atoms with E-state index in [9.17, 15) is 9.59 Å². The molecule has 0 unspecified atom stereocenters. The summed E-state index contributed by atoms with van der Waals surface area (Å²) in [5, 5.41) is 2.80. The number of ketones is 1. The average Bonchev–Trinajstić information content (AvgIpc) is 2.73. The number of rotatable bonds is 7. The smallest absolute Gasteiger partial charge is 0.274 e. The molecule has 0 bridgehead atoms. The highest BCUT2D eigenvalue weighted by molar-refractivity contribution is 6.04. The minimum Gasteiger partial charge on any atom is -0.374 e. The lowest BCUT2D eigenvalue weighted by Crippen LogP contribution is -2.21. The number of likely N-dealkylation sites (N-methyl/N-ethyl adjacent to an activating group) is 1. The number of amides is 1. The molecule has 142 valence electrons. The Morgan fingerprint density at radius 1 is 1.04 bits per heavy atom. The molecule has 3 rings (SSSR count). The Balaban J connectivity index is 1.67. The van der Waals surface area contributed by atoms with Crippen LogP contribution in [0.5, 0.6) is 0 Å². The SMILES string of the molecule is CC(=O)c1cccc(NC(=O)c2cc(N(C)CCc3ccncc3)ccn2)c1. The van der Waals surface area contributed by atoms with Crippen LogP contribution in [0.1, 0.15) is 33.3 Å². The van der Waals surface area contributed by atoms with Crippen LogP contribution in [0.25, 0.3) is 0 Å². The highest BCUT2D eigenvalue weighted by atomic mass is 16.2. The number of carbonyl (C=O) groups is 2. The van der Waals surface area contributed by atoms with Crippen LogP contribution < -0.4 is 10.2 Å². The number of hydrogen-bond donors (Lipinski definition) is 1. The molecule has 6 nitrogen and oxygen atoms in total. The van der Waals surface area contributed by atoms with Gasteiger partial charge in [-0.15, -0.1) is 0 Å². The number of benzene rings is 1. The lowest BCUT2D eigenvalue weighted by molar-refractivity contribution is 0.100. The fourth-order valence-electron chi connectivity index (χ4n) is 2.77. The van der Waals surface area contributed by atoms with Gasteiger partial charge in [-0.3, -0.25) is 19.6 Å². The van der Waals surface area contributed by atoms with E-state index in [0.717, 1.165) is 18.7 Å². The number of nitrogens with zero attached hydrogens (tertiary/aromatic N) is 3. The van der Waals surface area contributed by atoms with Crippen LogP contribution in [0.4, 0.5) is 11.4 Å². The summed E-state index contributed by atoms with van der Waals surface area (Å²) in [6.45, 7) is 2.30. The molecule has 1 amide bonds. The van der Waals surface area contributed by atoms with E-state index in [2.05, 4.69) is 20.2 Å². The minimum absolute atomic E-state index is 0.0490. The molecule has 1 aromatic carbocycles. The van der Waals surface area contributed by atoms with Crippen molar-refractivity contribution in [1.29, 1.82) is 0 Å². The van der Waals surface area contributed by atoms with Gasteiger partial charge in [-0.25, -0.2) is 0 Å². The van der Waals surface area contributed by atoms with Gasteiger partial charge in [-0.1, -0.05) is 12.1 Å². The van der Waals surface area contributed by atoms with Crippen LogP contribution >= 0.6 is 0 Å². The van der Waals surface area contributed by atoms with Gasteiger partial charge in [0.25, 0.3) is 5.91 Å². The maximum Gasteiger partial charge on any atom is 0.274 e. The van der Waals surface area contributed by atoms with Gasteiger partial charge in [0.2, 0.25) is 0 Å². The predicted molar refractivity (Wildman–Crippen MR) is 110 cm³/mol. The Morgan fingerprint density at radius 3 is 2.57 bits per heavy atom. The Bertz CT molecular complexity index is 973. The number of carbonyl (C=O) groups excluding carboxylic acids is 2. The second kappa shape index (κ2) is 8.90. The van der Waals surface area contributed by atoms with E-state index >= 15 is 0 Å². The molecule has 3 aromatic rings. The third kappa shape index (κ3) is 5.01. The fourth-order valence-corrected chi connectivity index (χ4v) is 2.77. The van der Waals surface area contributed by atoms with Crippen LogP contribution in [-0.2, 0) is 6.42 Å². The van der Waals surface area contributed by atoms with E-state index in [4.69, 9.17) is 0 Å². The van der Waals surface area contributed by atoms with Crippen molar-refractivity contribution in [2.45, 2.75) is 13.3 Å². The van der Waals surface area contributed by atoms with Gasteiger partial charge in [0.1, 0.15) is 5.69 Å². The van der Waals surface area contributed by atoms with E-state index < -0.39 is 0 Å². The summed E-state index contributed by atoms with van der Waals surface area (Å²) >= 11 is 0. The van der Waals surface area contributed by atoms with Crippen molar-refractivity contribution in [2.75, 3.05) is 23.8 Å². The molecule has 0 radical (unpaired) electrons. The molecule has 0 atom stereocenters. The monoisotopic (exact) mass is 374 g/mol. The van der Waals surface area contributed by atoms with E-state index in [1.165, 1.54) is 12.5 Å². The first-order chi connectivity index (χ1) is 13.5. The second-order valence-electron chi connectivity index (χ2n) is 6.52. The quantitative estimate of drug-likeness (QED) is 0.640. The van der Waals surface area contributed by atoms with Gasteiger partial charge < -0.3 is 10.2 Å². The minimum atomic E-state index is -0.315. The van der Waals surface area contributed by atoms with Gasteiger partial charge in [-0.2, -0.15) is 0 Å². The Hall–Kier alpha value is -3.54. The van der Waals surface area contributed by atoms with E-state index in [0.29, 0.717) is 16.9 Å². The first kappa shape index (κ1) is 19.2. The molecular weight excluding hydrogens is 352 g/mol. The van der Waals surface area contributed by atoms with Gasteiger partial charge in [0.05, 0.1) is 0 Å². The molecule has 0 saturated heterocycles. The van der Waals surface area contributed by atoms with Crippen molar-refractivity contribution < 1.29 is 9.59 Å². The van der Waals surface area contributed by atoms with Crippen molar-refractivity contribution >= 4 is 23.1 Å². The molecule has 1 N–H and O–H groups in total. The van der Waals surface area contributed by atoms with Crippen molar-refractivity contribution in [2.24, 2.45) is 0 Å². The summed E-state index contributed by atoms with van der Waals surface area (Å²) < 4.78 is 0. The Labute approximate surface area is 164 Å². The van der Waals surface area contributed by atoms with E-state index in [1.807, 2.05) is 25.2 Å². The topological polar surface area (TPSA) is 75.2 Å². The molecule has 0 saturated carbocycles. The third-order valence-electron chi connectivity index (χ3n) is 4.43. The van der Waals surface area contributed by atoms with Gasteiger partial charge >= 0.3 is 0 Å². The molecule has 0 fully saturated rings. The molecular formula is C22H22N4O2. The number of nitrogens with one attached hydrogen (secondary N) is 1. The third-order valence-corrected chi connectivity index (χ3v) is 4.43. The Kier molecular flexibility index (Phi) is 6.11. The standard InChI is InChI=1S/C22H22N4O2/c1-16(27)18-4-3-5-19(14-18)25-22(28)21-15-20(8-12-24-21)26(2)13-9-17-6-10-23-11-7-17/h3-8,10-12,14-15H,9,13H2,1-2H3,(H,25,28). The van der Waals surface area contributed by atoms with Crippen LogP contribution in [0.2, 0.25) is 0 Å². The molecule has 0 aliphatic rings. The van der Waals surface area contributed by atoms with Crippen molar-refractivity contribution in [3.63, 3.8) is 0 Å². The van der Waals surface area contributed by atoms with Crippen molar-refractivity contribution in [1.82, 2.24) is 9.97 Å². The normalized spacial score (nSPS) is 10.4. The van der Waals surface area contributed by atoms with Gasteiger partial charge in [-0.05, 0) is 55.3 Å². The van der Waals surface area contributed by atoms with Gasteiger partial charge in [0.15, 0.2) is 5.78 Å². The lowest BCUT2D eigenvalue weighted by Gasteiger charge is -2.19. The number of aromatic nitrogens is 2. The predicted octanol–water partition coefficient (Wildman–Crippen LogP) is 3.61. The Morgan fingerprint density at radius 2 is 1.82 bits per heavy atom. The second-order valence-corrected chi connectivity index (χ2v) is 6.52. The first-order valence-corrected chi connectivity index (χ1v) is 9.01. The highest BCUT2D eigenvalue weighted by Gasteiger charge is 2.11.